The van der Waals surface area contributed by atoms with Crippen molar-refractivity contribution in [2.75, 3.05) is 0 Å². The molecule has 0 saturated carbocycles. The normalized spacial score (nSPS) is 12.2. The summed E-state index contributed by atoms with van der Waals surface area (Å²) in [5.41, 5.74) is 4.99. The Kier molecular flexibility index (Phi) is 2.79. The van der Waals surface area contributed by atoms with Crippen molar-refractivity contribution in [3.63, 3.8) is 0 Å². The van der Waals surface area contributed by atoms with E-state index in [0.717, 1.165) is 0 Å². The number of hydrogen-bond acceptors (Lipinski definition) is 4. The minimum absolute atomic E-state index is 0.0612. The molecule has 0 unspecified atom stereocenters. The number of carbonyl (C=O) groups excluding carboxylic acids is 2. The lowest BCUT2D eigenvalue weighted by Gasteiger charge is -1.96. The van der Waals surface area contributed by atoms with Crippen molar-refractivity contribution >= 4 is 12.4 Å². The molecule has 4 nitrogen and oxygen atoms in total. The van der Waals surface area contributed by atoms with Gasteiger partial charge in [0.05, 0.1) is 0 Å². The van der Waals surface area contributed by atoms with E-state index in [4.69, 9.17) is 5.73 Å². The van der Waals surface area contributed by atoms with Gasteiger partial charge in [0.1, 0.15) is 6.04 Å². The van der Waals surface area contributed by atoms with Crippen molar-refractivity contribution in [2.24, 2.45) is 5.73 Å². The third-order valence-electron chi connectivity index (χ3n) is 0.536. The molecule has 8 heavy (non-hydrogen) atoms. The summed E-state index contributed by atoms with van der Waals surface area (Å²) < 4.78 is 3.86. The summed E-state index contributed by atoms with van der Waals surface area (Å²) in [5, 5.41) is 0. The van der Waals surface area contributed by atoms with Crippen molar-refractivity contribution in [1.82, 2.24) is 0 Å². The lowest BCUT2D eigenvalue weighted by atomic mass is 10.4. The van der Waals surface area contributed by atoms with Gasteiger partial charge in [-0.25, -0.2) is 4.79 Å². The van der Waals surface area contributed by atoms with Gasteiger partial charge >= 0.3 is 12.4 Å². The van der Waals surface area contributed by atoms with E-state index < -0.39 is 12.0 Å². The molecule has 0 amide bonds. The fourth-order valence-electron chi connectivity index (χ4n) is 0.155. The molecule has 0 aromatic rings. The van der Waals surface area contributed by atoms with Crippen molar-refractivity contribution in [1.29, 1.82) is 0 Å². The summed E-state index contributed by atoms with van der Waals surface area (Å²) in [6.07, 6.45) is 0. The van der Waals surface area contributed by atoms with Gasteiger partial charge in [-0.15, -0.1) is 0 Å². The molecule has 2 N–H and O–H groups in total. The highest BCUT2D eigenvalue weighted by molar-refractivity contribution is 5.80. The third kappa shape index (κ3) is 2.30. The van der Waals surface area contributed by atoms with Gasteiger partial charge in [0.15, 0.2) is 0 Å². The smallest absolute Gasteiger partial charge is 0.330 e. The Morgan fingerprint density at radius 2 is 2.38 bits per heavy atom. The first kappa shape index (κ1) is 7.10. The van der Waals surface area contributed by atoms with E-state index in [-0.39, 0.29) is 6.47 Å². The Morgan fingerprint density at radius 1 is 1.88 bits per heavy atom. The van der Waals surface area contributed by atoms with E-state index in [9.17, 15) is 9.59 Å². The maximum absolute atomic E-state index is 10.2. The average molecular weight is 117 g/mol. The molecular formula is C4H7NO3. The molecule has 0 aliphatic rings. The number of rotatable bonds is 2. The van der Waals surface area contributed by atoms with Gasteiger partial charge in [0.2, 0.25) is 0 Å². The molecule has 0 heterocycles. The van der Waals surface area contributed by atoms with Gasteiger partial charge in [-0.2, -0.15) is 0 Å². The van der Waals surface area contributed by atoms with Crippen LogP contribution in [0.2, 0.25) is 0 Å². The molecule has 4 heteroatoms. The summed E-state index contributed by atoms with van der Waals surface area (Å²) in [5.74, 6) is -0.708. The van der Waals surface area contributed by atoms with E-state index in [0.29, 0.717) is 0 Å². The second kappa shape index (κ2) is 3.15. The van der Waals surface area contributed by atoms with Gasteiger partial charge in [0.25, 0.3) is 0 Å². The van der Waals surface area contributed by atoms with E-state index >= 15 is 0 Å². The van der Waals surface area contributed by atoms with Gasteiger partial charge in [0, 0.05) is 0 Å². The van der Waals surface area contributed by atoms with E-state index in [1.54, 1.807) is 0 Å². The molecule has 0 fully saturated rings. The maximum atomic E-state index is 10.2. The van der Waals surface area contributed by atoms with Crippen LogP contribution in [0.5, 0.6) is 0 Å². The molecule has 0 aliphatic heterocycles. The van der Waals surface area contributed by atoms with Crippen LogP contribution in [-0.2, 0) is 14.3 Å². The van der Waals surface area contributed by atoms with Crippen LogP contribution in [0.15, 0.2) is 0 Å². The predicted octanol–water partition coefficient (Wildman–Crippen LogP) is -0.967. The number of carbonyl (C=O) groups is 2. The minimum Gasteiger partial charge on any atom is -0.394 e. The summed E-state index contributed by atoms with van der Waals surface area (Å²) in [6, 6.07) is -0.722. The first-order valence-electron chi connectivity index (χ1n) is 2.08. The molecule has 0 aromatic carbocycles. The zero-order valence-electron chi connectivity index (χ0n) is 4.46. The lowest BCUT2D eigenvalue weighted by Crippen LogP contribution is -2.28. The molecule has 0 bridgehead atoms. The fraction of sp³-hybridized carbons (Fsp3) is 0.500. The summed E-state index contributed by atoms with van der Waals surface area (Å²) in [6.45, 7) is 1.50. The Labute approximate surface area is 46.6 Å². The minimum atomic E-state index is -0.722. The van der Waals surface area contributed by atoms with Crippen LogP contribution >= 0.6 is 0 Å². The number of nitrogens with two attached hydrogens (primary N) is 1. The standard InChI is InChI=1S/C4H7NO3/c1-3(5)4(7)8-2-6/h2-3H,5H2,1H3/t3-/m1/s1. The largest absolute Gasteiger partial charge is 0.394 e. The zero-order valence-corrected chi connectivity index (χ0v) is 4.46. The van der Waals surface area contributed by atoms with Crippen molar-refractivity contribution < 1.29 is 14.3 Å². The molecular weight excluding hydrogens is 110 g/mol. The number of ether oxygens (including phenoxy) is 1. The van der Waals surface area contributed by atoms with Gasteiger partial charge in [-0.05, 0) is 6.92 Å². The topological polar surface area (TPSA) is 69.4 Å². The Morgan fingerprint density at radius 3 is 2.50 bits per heavy atom. The van der Waals surface area contributed by atoms with Crippen LogP contribution in [0, 0.1) is 0 Å². The number of hydrogen-bond donors (Lipinski definition) is 1. The predicted molar refractivity (Wildman–Crippen MR) is 25.8 cm³/mol. The van der Waals surface area contributed by atoms with Crippen molar-refractivity contribution in [3.05, 3.63) is 0 Å². The van der Waals surface area contributed by atoms with Crippen LogP contribution in [0.1, 0.15) is 6.92 Å². The average Bonchev–Trinajstić information content (AvgIpc) is 1.67. The summed E-state index contributed by atoms with van der Waals surface area (Å²) >= 11 is 0. The first-order chi connectivity index (χ1) is 3.68. The van der Waals surface area contributed by atoms with E-state index in [1.807, 2.05) is 0 Å². The molecule has 0 aliphatic carbocycles. The monoisotopic (exact) mass is 117 g/mol. The quantitative estimate of drug-likeness (QED) is 0.287. The lowest BCUT2D eigenvalue weighted by molar-refractivity contribution is -0.152. The highest BCUT2D eigenvalue weighted by atomic mass is 16.6. The van der Waals surface area contributed by atoms with Gasteiger partial charge in [-0.3, -0.25) is 4.79 Å². The molecule has 0 rings (SSSR count). The van der Waals surface area contributed by atoms with Crippen LogP contribution in [0.25, 0.3) is 0 Å². The first-order valence-corrected chi connectivity index (χ1v) is 2.08. The molecule has 0 radical (unpaired) electrons. The molecule has 46 valence electrons. The maximum Gasteiger partial charge on any atom is 0.330 e. The van der Waals surface area contributed by atoms with Gasteiger partial charge in [-0.1, -0.05) is 0 Å². The third-order valence-corrected chi connectivity index (χ3v) is 0.536. The molecule has 0 saturated heterocycles. The Hall–Kier alpha value is -0.900. The van der Waals surface area contributed by atoms with Crippen LogP contribution in [-0.4, -0.2) is 18.5 Å². The summed E-state index contributed by atoms with van der Waals surface area (Å²) in [4.78, 5) is 19.6. The Bertz CT molecular complexity index is 99.5. The van der Waals surface area contributed by atoms with E-state index in [1.165, 1.54) is 6.92 Å². The molecule has 0 spiro atoms. The SMILES string of the molecule is C[C@@H](N)C(=O)OC=O. The highest BCUT2D eigenvalue weighted by Gasteiger charge is 2.06. The van der Waals surface area contributed by atoms with Crippen molar-refractivity contribution in [3.8, 4) is 0 Å². The van der Waals surface area contributed by atoms with Crippen LogP contribution in [0.4, 0.5) is 0 Å². The van der Waals surface area contributed by atoms with Crippen LogP contribution in [0.3, 0.4) is 0 Å². The van der Waals surface area contributed by atoms with Crippen molar-refractivity contribution in [2.45, 2.75) is 13.0 Å². The molecule has 1 atom stereocenters. The molecule has 0 aromatic heterocycles. The second-order valence-corrected chi connectivity index (χ2v) is 1.32. The zero-order chi connectivity index (χ0) is 6.57. The second-order valence-electron chi connectivity index (χ2n) is 1.32. The summed E-state index contributed by atoms with van der Waals surface area (Å²) in [7, 11) is 0. The number of esters is 1. The highest BCUT2D eigenvalue weighted by Crippen LogP contribution is 1.77. The van der Waals surface area contributed by atoms with E-state index in [2.05, 4.69) is 4.74 Å². The fourth-order valence-corrected chi connectivity index (χ4v) is 0.155. The Balaban J connectivity index is 3.48. The van der Waals surface area contributed by atoms with Crippen LogP contribution < -0.4 is 5.73 Å². The van der Waals surface area contributed by atoms with Gasteiger partial charge < -0.3 is 10.5 Å².